The van der Waals surface area contributed by atoms with E-state index in [2.05, 4.69) is 67.6 Å². The maximum atomic E-state index is 3.74. The molecule has 0 saturated heterocycles. The molecule has 0 amide bonds. The summed E-state index contributed by atoms with van der Waals surface area (Å²) in [6.07, 6.45) is 0. The number of hydrogen-bond donors (Lipinski definition) is 1. The smallest absolute Gasteiger partial charge is 0.0169 e. The second-order valence-corrected chi connectivity index (χ2v) is 7.56. The first kappa shape index (κ1) is 14.0. The summed E-state index contributed by atoms with van der Waals surface area (Å²) >= 11 is 0. The van der Waals surface area contributed by atoms with E-state index in [9.17, 15) is 0 Å². The molecule has 0 atom stereocenters. The van der Waals surface area contributed by atoms with E-state index in [1.165, 1.54) is 0 Å². The van der Waals surface area contributed by atoms with Gasteiger partial charge >= 0.3 is 0 Å². The lowest BCUT2D eigenvalue weighted by Crippen LogP contribution is -2.55. The van der Waals surface area contributed by atoms with Gasteiger partial charge in [0.1, 0.15) is 0 Å². The minimum absolute atomic E-state index is 0.186. The first-order chi connectivity index (χ1) is 5.84. The van der Waals surface area contributed by atoms with Gasteiger partial charge in [-0.2, -0.15) is 0 Å². The number of hydrogen-bond acceptors (Lipinski definition) is 1. The van der Waals surface area contributed by atoms with Gasteiger partial charge in [0.2, 0.25) is 0 Å². The topological polar surface area (TPSA) is 12.0 Å². The summed E-state index contributed by atoms with van der Waals surface area (Å²) in [6, 6.07) is 0.523. The molecule has 0 aliphatic carbocycles. The van der Waals surface area contributed by atoms with Gasteiger partial charge in [0.25, 0.3) is 0 Å². The number of rotatable bonds is 1. The van der Waals surface area contributed by atoms with Crippen LogP contribution in [0.25, 0.3) is 0 Å². The Balaban J connectivity index is 4.78. The molecule has 14 heavy (non-hydrogen) atoms. The molecule has 0 aromatic rings. The Labute approximate surface area is 90.7 Å². The normalized spacial score (nSPS) is 15.0. The number of nitrogens with one attached hydrogen (secondary N) is 1. The molecule has 0 heterocycles. The Morgan fingerprint density at radius 2 is 0.929 bits per heavy atom. The van der Waals surface area contributed by atoms with E-state index in [0.29, 0.717) is 16.9 Å². The minimum Gasteiger partial charge on any atom is -0.308 e. The van der Waals surface area contributed by atoms with Crippen molar-refractivity contribution in [3.05, 3.63) is 0 Å². The van der Waals surface area contributed by atoms with Crippen LogP contribution >= 0.6 is 0 Å². The van der Waals surface area contributed by atoms with E-state index < -0.39 is 0 Å². The highest BCUT2D eigenvalue weighted by molar-refractivity contribution is 4.93. The second-order valence-electron chi connectivity index (χ2n) is 7.56. The summed E-state index contributed by atoms with van der Waals surface area (Å²) in [4.78, 5) is 0. The molecule has 1 nitrogen and oxygen atoms in total. The molecular weight excluding hydrogens is 170 g/mol. The van der Waals surface area contributed by atoms with Crippen molar-refractivity contribution in [2.45, 2.75) is 73.9 Å². The highest BCUT2D eigenvalue weighted by Gasteiger charge is 2.36. The van der Waals surface area contributed by atoms with Crippen molar-refractivity contribution >= 4 is 0 Å². The summed E-state index contributed by atoms with van der Waals surface area (Å²) in [7, 11) is 0. The average molecular weight is 199 g/mol. The Morgan fingerprint density at radius 1 is 0.643 bits per heavy atom. The summed E-state index contributed by atoms with van der Waals surface area (Å²) in [5.41, 5.74) is 0.780. The molecule has 0 radical (unpaired) electrons. The third kappa shape index (κ3) is 4.99. The van der Waals surface area contributed by atoms with Gasteiger partial charge in [0.05, 0.1) is 0 Å². The van der Waals surface area contributed by atoms with Crippen molar-refractivity contribution in [3.63, 3.8) is 0 Å². The van der Waals surface area contributed by atoms with Crippen LogP contribution in [0.15, 0.2) is 0 Å². The molecule has 0 bridgehead atoms. The van der Waals surface area contributed by atoms with E-state index >= 15 is 0 Å². The van der Waals surface area contributed by atoms with E-state index in [4.69, 9.17) is 0 Å². The predicted molar refractivity (Wildman–Crippen MR) is 65.6 cm³/mol. The van der Waals surface area contributed by atoms with Crippen LogP contribution in [0.3, 0.4) is 0 Å². The largest absolute Gasteiger partial charge is 0.308 e. The van der Waals surface area contributed by atoms with Gasteiger partial charge in [-0.05, 0) is 31.6 Å². The Bertz CT molecular complexity index is 159. The van der Waals surface area contributed by atoms with Crippen LogP contribution in [-0.4, -0.2) is 11.6 Å². The van der Waals surface area contributed by atoms with Crippen LogP contribution in [0.4, 0.5) is 0 Å². The van der Waals surface area contributed by atoms with Crippen molar-refractivity contribution in [2.24, 2.45) is 10.8 Å². The maximum Gasteiger partial charge on any atom is 0.0169 e. The first-order valence-corrected chi connectivity index (χ1v) is 5.62. The monoisotopic (exact) mass is 199 g/mol. The Morgan fingerprint density at radius 3 is 1.00 bits per heavy atom. The highest BCUT2D eigenvalue weighted by Crippen LogP contribution is 2.34. The van der Waals surface area contributed by atoms with E-state index in [0.717, 1.165) is 0 Å². The van der Waals surface area contributed by atoms with E-state index in [1.54, 1.807) is 0 Å². The maximum absolute atomic E-state index is 3.74. The molecule has 0 saturated carbocycles. The lowest BCUT2D eigenvalue weighted by atomic mass is 9.71. The summed E-state index contributed by atoms with van der Waals surface area (Å²) in [5, 5.41) is 3.74. The molecule has 1 N–H and O–H groups in total. The van der Waals surface area contributed by atoms with Crippen LogP contribution in [0.2, 0.25) is 0 Å². The van der Waals surface area contributed by atoms with Gasteiger partial charge in [0.15, 0.2) is 0 Å². The fraction of sp³-hybridized carbons (Fsp3) is 1.00. The lowest BCUT2D eigenvalue weighted by Gasteiger charge is -2.45. The zero-order chi connectivity index (χ0) is 11.8. The minimum atomic E-state index is 0.186. The zero-order valence-corrected chi connectivity index (χ0v) is 11.6. The van der Waals surface area contributed by atoms with Crippen LogP contribution < -0.4 is 5.32 Å². The Hall–Kier alpha value is -0.0400. The van der Waals surface area contributed by atoms with Crippen LogP contribution in [-0.2, 0) is 0 Å². The van der Waals surface area contributed by atoms with Crippen LogP contribution in [0.1, 0.15) is 62.3 Å². The second kappa shape index (κ2) is 3.84. The summed E-state index contributed by atoms with van der Waals surface area (Å²) < 4.78 is 0. The quantitative estimate of drug-likeness (QED) is 0.676. The van der Waals surface area contributed by atoms with E-state index in [-0.39, 0.29) is 5.54 Å². The van der Waals surface area contributed by atoms with Crippen LogP contribution in [0, 0.1) is 10.8 Å². The first-order valence-electron chi connectivity index (χ1n) is 5.62. The highest BCUT2D eigenvalue weighted by atomic mass is 15.0. The molecule has 0 aliphatic rings. The third-order valence-electron chi connectivity index (χ3n) is 2.31. The van der Waals surface area contributed by atoms with Gasteiger partial charge in [-0.15, -0.1) is 0 Å². The zero-order valence-electron chi connectivity index (χ0n) is 11.6. The molecule has 0 aromatic carbocycles. The van der Waals surface area contributed by atoms with Crippen molar-refractivity contribution in [1.82, 2.24) is 5.32 Å². The van der Waals surface area contributed by atoms with Crippen molar-refractivity contribution < 1.29 is 0 Å². The van der Waals surface area contributed by atoms with Crippen molar-refractivity contribution in [3.8, 4) is 0 Å². The average Bonchev–Trinajstić information content (AvgIpc) is 1.75. The molecule has 0 aromatic heterocycles. The molecule has 0 unspecified atom stereocenters. The van der Waals surface area contributed by atoms with Crippen LogP contribution in [0.5, 0.6) is 0 Å². The summed E-state index contributed by atoms with van der Waals surface area (Å²) in [5.74, 6) is 0. The molecule has 86 valence electrons. The molecular formula is C13H29N. The third-order valence-corrected chi connectivity index (χ3v) is 2.31. The molecule has 1 heteroatoms. The van der Waals surface area contributed by atoms with Gasteiger partial charge in [0, 0.05) is 11.6 Å². The van der Waals surface area contributed by atoms with Crippen molar-refractivity contribution in [1.29, 1.82) is 0 Å². The predicted octanol–water partition coefficient (Wildman–Crippen LogP) is 3.84. The SMILES string of the molecule is CC(C)(C)NC(C(C)(C)C)C(C)(C)C. The standard InChI is InChI=1S/C13H29N/c1-11(2,3)10(12(4,5)6)14-13(7,8)9/h10,14H,1-9H3. The van der Waals surface area contributed by atoms with Gasteiger partial charge in [-0.25, -0.2) is 0 Å². The molecule has 0 aliphatic heterocycles. The fourth-order valence-corrected chi connectivity index (χ4v) is 2.17. The Kier molecular flexibility index (Phi) is 3.83. The summed E-state index contributed by atoms with van der Waals surface area (Å²) in [6.45, 7) is 20.5. The van der Waals surface area contributed by atoms with E-state index in [1.807, 2.05) is 0 Å². The fourth-order valence-electron chi connectivity index (χ4n) is 2.17. The van der Waals surface area contributed by atoms with Crippen molar-refractivity contribution in [2.75, 3.05) is 0 Å². The molecule has 0 rings (SSSR count). The van der Waals surface area contributed by atoms with Gasteiger partial charge in [-0.1, -0.05) is 41.5 Å². The molecule has 0 spiro atoms. The van der Waals surface area contributed by atoms with Gasteiger partial charge < -0.3 is 5.32 Å². The molecule has 0 fully saturated rings. The van der Waals surface area contributed by atoms with Gasteiger partial charge in [-0.3, -0.25) is 0 Å². The lowest BCUT2D eigenvalue weighted by molar-refractivity contribution is 0.111.